The Morgan fingerprint density at radius 1 is 1.00 bits per heavy atom. The van der Waals surface area contributed by atoms with Gasteiger partial charge in [0, 0.05) is 38.1 Å². The average Bonchev–Trinajstić information content (AvgIpc) is 2.54. The maximum Gasteiger partial charge on any atom is 0.433 e. The molecule has 4 nitrogen and oxygen atoms in total. The maximum atomic E-state index is 12.7. The molecule has 0 N–H and O–H groups in total. The van der Waals surface area contributed by atoms with Crippen LogP contribution in [0.5, 0.6) is 0 Å². The predicted molar refractivity (Wildman–Crippen MR) is 82.6 cm³/mol. The van der Waals surface area contributed by atoms with E-state index in [0.717, 1.165) is 31.0 Å². The molecule has 1 aromatic heterocycles. The second-order valence-corrected chi connectivity index (χ2v) is 5.55. The first-order valence-corrected chi connectivity index (χ1v) is 7.40. The number of hydrogen-bond donors (Lipinski definition) is 0. The molecular weight excluding hydrogens is 305 g/mol. The third-order valence-corrected chi connectivity index (χ3v) is 3.86. The van der Waals surface area contributed by atoms with E-state index in [0.29, 0.717) is 13.1 Å². The Kier molecular flexibility index (Phi) is 4.11. The molecule has 7 heteroatoms. The molecule has 3 rings (SSSR count). The molecule has 2 aromatic rings. The second kappa shape index (κ2) is 6.06. The molecule has 122 valence electrons. The van der Waals surface area contributed by atoms with Crippen molar-refractivity contribution in [3.05, 3.63) is 47.8 Å². The fourth-order valence-electron chi connectivity index (χ4n) is 2.65. The Morgan fingerprint density at radius 3 is 2.35 bits per heavy atom. The molecule has 0 unspecified atom stereocenters. The number of aryl methyl sites for hydroxylation is 1. The fraction of sp³-hybridized carbons (Fsp3) is 0.375. The summed E-state index contributed by atoms with van der Waals surface area (Å²) in [5, 5.41) is 0. The van der Waals surface area contributed by atoms with Crippen LogP contribution in [0.2, 0.25) is 0 Å². The number of rotatable bonds is 2. The summed E-state index contributed by atoms with van der Waals surface area (Å²) < 4.78 is 38.2. The minimum Gasteiger partial charge on any atom is -0.368 e. The second-order valence-electron chi connectivity index (χ2n) is 5.55. The highest BCUT2D eigenvalue weighted by Gasteiger charge is 2.33. The van der Waals surface area contributed by atoms with Gasteiger partial charge in [0.05, 0.1) is 0 Å². The molecule has 2 heterocycles. The monoisotopic (exact) mass is 322 g/mol. The molecule has 0 spiro atoms. The van der Waals surface area contributed by atoms with Crippen LogP contribution in [0.15, 0.2) is 36.5 Å². The SMILES string of the molecule is Cc1cccc(N2CCN(c3nccc(C(F)(F)F)n3)CC2)c1. The lowest BCUT2D eigenvalue weighted by atomic mass is 10.2. The Labute approximate surface area is 132 Å². The van der Waals surface area contributed by atoms with Crippen molar-refractivity contribution in [1.82, 2.24) is 9.97 Å². The molecule has 1 aliphatic rings. The summed E-state index contributed by atoms with van der Waals surface area (Å²) in [6.45, 7) is 4.67. The fourth-order valence-corrected chi connectivity index (χ4v) is 2.65. The first-order valence-electron chi connectivity index (χ1n) is 7.40. The molecule has 1 fully saturated rings. The van der Waals surface area contributed by atoms with Gasteiger partial charge >= 0.3 is 6.18 Å². The predicted octanol–water partition coefficient (Wildman–Crippen LogP) is 3.13. The van der Waals surface area contributed by atoms with Gasteiger partial charge in [-0.15, -0.1) is 0 Å². The van der Waals surface area contributed by atoms with E-state index >= 15 is 0 Å². The number of halogens is 3. The summed E-state index contributed by atoms with van der Waals surface area (Å²) in [7, 11) is 0. The number of benzene rings is 1. The van der Waals surface area contributed by atoms with Crippen molar-refractivity contribution in [3.63, 3.8) is 0 Å². The van der Waals surface area contributed by atoms with E-state index in [1.165, 1.54) is 5.56 Å². The van der Waals surface area contributed by atoms with Crippen LogP contribution in [0, 0.1) is 6.92 Å². The summed E-state index contributed by atoms with van der Waals surface area (Å²) in [5.41, 5.74) is 1.42. The highest BCUT2D eigenvalue weighted by molar-refractivity contribution is 5.50. The first kappa shape index (κ1) is 15.6. The molecule has 0 amide bonds. The average molecular weight is 322 g/mol. The van der Waals surface area contributed by atoms with Gasteiger partial charge in [-0.1, -0.05) is 12.1 Å². The van der Waals surface area contributed by atoms with Crippen LogP contribution < -0.4 is 9.80 Å². The van der Waals surface area contributed by atoms with Gasteiger partial charge in [0.2, 0.25) is 5.95 Å². The van der Waals surface area contributed by atoms with Crippen molar-refractivity contribution < 1.29 is 13.2 Å². The third kappa shape index (κ3) is 3.55. The Morgan fingerprint density at radius 2 is 1.70 bits per heavy atom. The van der Waals surface area contributed by atoms with E-state index in [2.05, 4.69) is 20.9 Å². The lowest BCUT2D eigenvalue weighted by Crippen LogP contribution is -2.47. The zero-order valence-electron chi connectivity index (χ0n) is 12.7. The van der Waals surface area contributed by atoms with Crippen molar-refractivity contribution in [1.29, 1.82) is 0 Å². The maximum absolute atomic E-state index is 12.7. The molecule has 1 saturated heterocycles. The summed E-state index contributed by atoms with van der Waals surface area (Å²) in [4.78, 5) is 11.6. The molecule has 0 bridgehead atoms. The third-order valence-electron chi connectivity index (χ3n) is 3.86. The smallest absolute Gasteiger partial charge is 0.368 e. The topological polar surface area (TPSA) is 32.3 Å². The minimum atomic E-state index is -4.44. The number of anilines is 2. The molecular formula is C16H17F3N4. The molecule has 1 aliphatic heterocycles. The summed E-state index contributed by atoms with van der Waals surface area (Å²) >= 11 is 0. The summed E-state index contributed by atoms with van der Waals surface area (Å²) in [5.74, 6) is 0.142. The first-order chi connectivity index (χ1) is 10.9. The number of alkyl halides is 3. The van der Waals surface area contributed by atoms with Crippen LogP contribution in [0.1, 0.15) is 11.3 Å². The van der Waals surface area contributed by atoms with Gasteiger partial charge in [-0.3, -0.25) is 0 Å². The lowest BCUT2D eigenvalue weighted by Gasteiger charge is -2.36. The Hall–Kier alpha value is -2.31. The van der Waals surface area contributed by atoms with E-state index < -0.39 is 11.9 Å². The number of nitrogens with zero attached hydrogens (tertiary/aromatic N) is 4. The summed E-state index contributed by atoms with van der Waals surface area (Å²) in [6, 6.07) is 9.09. The number of hydrogen-bond acceptors (Lipinski definition) is 4. The van der Waals surface area contributed by atoms with Crippen LogP contribution in [0.4, 0.5) is 24.8 Å². The lowest BCUT2D eigenvalue weighted by molar-refractivity contribution is -0.141. The highest BCUT2D eigenvalue weighted by atomic mass is 19.4. The van der Waals surface area contributed by atoms with E-state index in [4.69, 9.17) is 0 Å². The van der Waals surface area contributed by atoms with E-state index in [1.54, 1.807) is 4.90 Å². The number of piperazine rings is 1. The van der Waals surface area contributed by atoms with Crippen molar-refractivity contribution in [2.75, 3.05) is 36.0 Å². The van der Waals surface area contributed by atoms with Gasteiger partial charge in [-0.2, -0.15) is 13.2 Å². The van der Waals surface area contributed by atoms with Crippen molar-refractivity contribution in [3.8, 4) is 0 Å². The van der Waals surface area contributed by atoms with Crippen molar-refractivity contribution in [2.45, 2.75) is 13.1 Å². The quantitative estimate of drug-likeness (QED) is 0.850. The normalized spacial score (nSPS) is 15.8. The Balaban J connectivity index is 1.70. The van der Waals surface area contributed by atoms with Gasteiger partial charge in [0.15, 0.2) is 0 Å². The van der Waals surface area contributed by atoms with E-state index in [-0.39, 0.29) is 5.95 Å². The van der Waals surface area contributed by atoms with Gasteiger partial charge in [-0.25, -0.2) is 9.97 Å². The zero-order chi connectivity index (χ0) is 16.4. The molecule has 23 heavy (non-hydrogen) atoms. The van der Waals surface area contributed by atoms with Gasteiger partial charge < -0.3 is 9.80 Å². The molecule has 0 atom stereocenters. The van der Waals surface area contributed by atoms with Crippen LogP contribution in [0.25, 0.3) is 0 Å². The van der Waals surface area contributed by atoms with E-state index in [9.17, 15) is 13.2 Å². The number of aromatic nitrogens is 2. The van der Waals surface area contributed by atoms with Crippen molar-refractivity contribution in [2.24, 2.45) is 0 Å². The van der Waals surface area contributed by atoms with Crippen LogP contribution in [-0.4, -0.2) is 36.1 Å². The largest absolute Gasteiger partial charge is 0.433 e. The molecule has 0 aliphatic carbocycles. The van der Waals surface area contributed by atoms with Crippen LogP contribution in [-0.2, 0) is 6.18 Å². The van der Waals surface area contributed by atoms with Gasteiger partial charge in [-0.05, 0) is 30.7 Å². The van der Waals surface area contributed by atoms with Crippen LogP contribution in [0.3, 0.4) is 0 Å². The van der Waals surface area contributed by atoms with Crippen molar-refractivity contribution >= 4 is 11.6 Å². The summed E-state index contributed by atoms with van der Waals surface area (Å²) in [6.07, 6.45) is -3.28. The van der Waals surface area contributed by atoms with E-state index in [1.807, 2.05) is 25.1 Å². The molecule has 1 aromatic carbocycles. The zero-order valence-corrected chi connectivity index (χ0v) is 12.7. The van der Waals surface area contributed by atoms with Gasteiger partial charge in [0.25, 0.3) is 0 Å². The Bertz CT molecular complexity index is 679. The standard InChI is InChI=1S/C16H17F3N4/c1-12-3-2-4-13(11-12)22-7-9-23(10-8-22)15-20-6-5-14(21-15)16(17,18)19/h2-6,11H,7-10H2,1H3. The molecule has 0 radical (unpaired) electrons. The van der Waals surface area contributed by atoms with Crippen LogP contribution >= 0.6 is 0 Å². The molecule has 0 saturated carbocycles. The highest BCUT2D eigenvalue weighted by Crippen LogP contribution is 2.28. The van der Waals surface area contributed by atoms with Gasteiger partial charge in [0.1, 0.15) is 5.69 Å². The minimum absolute atomic E-state index is 0.142.